The smallest absolute Gasteiger partial charge is 0.311 e. The van der Waals surface area contributed by atoms with Gasteiger partial charge >= 0.3 is 5.69 Å². The van der Waals surface area contributed by atoms with Crippen LogP contribution in [0.3, 0.4) is 0 Å². The molecule has 102 valence electrons. The van der Waals surface area contributed by atoms with Crippen LogP contribution in [0, 0.1) is 22.9 Å². The number of carbonyl (C=O) groups excluding carboxylic acids is 1. The normalized spacial score (nSPS) is 10.1. The van der Waals surface area contributed by atoms with E-state index in [0.717, 1.165) is 18.2 Å². The highest BCUT2D eigenvalue weighted by Gasteiger charge is 2.17. The maximum Gasteiger partial charge on any atom is 0.311 e. The van der Waals surface area contributed by atoms with Crippen LogP contribution in [0.2, 0.25) is 0 Å². The summed E-state index contributed by atoms with van der Waals surface area (Å²) in [4.78, 5) is 20.9. The fourth-order valence-corrected chi connectivity index (χ4v) is 1.64. The molecule has 0 atom stereocenters. The predicted molar refractivity (Wildman–Crippen MR) is 69.7 cm³/mol. The average Bonchev–Trinajstić information content (AvgIpc) is 2.41. The van der Waals surface area contributed by atoms with Crippen molar-refractivity contribution < 1.29 is 18.8 Å². The molecular formula is C14H10FNO4. The van der Waals surface area contributed by atoms with Gasteiger partial charge in [-0.1, -0.05) is 12.1 Å². The first-order valence-electron chi connectivity index (χ1n) is 5.69. The number of ether oxygens (including phenoxy) is 1. The van der Waals surface area contributed by atoms with E-state index in [1.165, 1.54) is 6.07 Å². The third kappa shape index (κ3) is 2.80. The third-order valence-electron chi connectivity index (χ3n) is 2.69. The molecule has 2 aromatic rings. The van der Waals surface area contributed by atoms with E-state index in [9.17, 15) is 19.3 Å². The Hall–Kier alpha value is -2.76. The van der Waals surface area contributed by atoms with E-state index in [2.05, 4.69) is 0 Å². The number of nitrogens with zero attached hydrogens (tertiary/aromatic N) is 1. The SMILES string of the molecule is Cc1ccc(C=O)cc1Oc1cc(F)ccc1[N+](=O)[O-]. The molecule has 0 N–H and O–H groups in total. The molecule has 0 aliphatic heterocycles. The zero-order valence-corrected chi connectivity index (χ0v) is 10.5. The van der Waals surface area contributed by atoms with Crippen molar-refractivity contribution in [3.05, 3.63) is 63.5 Å². The van der Waals surface area contributed by atoms with Gasteiger partial charge in [-0.15, -0.1) is 0 Å². The Morgan fingerprint density at radius 2 is 1.95 bits per heavy atom. The van der Waals surface area contributed by atoms with Gasteiger partial charge < -0.3 is 4.74 Å². The molecule has 0 saturated heterocycles. The first kappa shape index (κ1) is 13.7. The number of rotatable bonds is 4. The second-order valence-corrected chi connectivity index (χ2v) is 4.11. The summed E-state index contributed by atoms with van der Waals surface area (Å²) < 4.78 is 18.6. The van der Waals surface area contributed by atoms with Gasteiger partial charge in [-0.3, -0.25) is 14.9 Å². The van der Waals surface area contributed by atoms with Crippen molar-refractivity contribution in [2.75, 3.05) is 0 Å². The van der Waals surface area contributed by atoms with Crippen molar-refractivity contribution in [3.63, 3.8) is 0 Å². The van der Waals surface area contributed by atoms with Crippen molar-refractivity contribution in [2.24, 2.45) is 0 Å². The van der Waals surface area contributed by atoms with Gasteiger partial charge in [0.1, 0.15) is 17.9 Å². The van der Waals surface area contributed by atoms with Crippen LogP contribution in [0.1, 0.15) is 15.9 Å². The first-order chi connectivity index (χ1) is 9.51. The van der Waals surface area contributed by atoms with E-state index >= 15 is 0 Å². The molecule has 0 heterocycles. The molecule has 0 aromatic heterocycles. The summed E-state index contributed by atoms with van der Waals surface area (Å²) >= 11 is 0. The Kier molecular flexibility index (Phi) is 3.74. The van der Waals surface area contributed by atoms with Gasteiger partial charge in [0, 0.05) is 17.7 Å². The second kappa shape index (κ2) is 5.48. The number of hydrogen-bond donors (Lipinski definition) is 0. The van der Waals surface area contributed by atoms with E-state index in [0.29, 0.717) is 17.4 Å². The summed E-state index contributed by atoms with van der Waals surface area (Å²) in [6, 6.07) is 7.63. The quantitative estimate of drug-likeness (QED) is 0.485. The lowest BCUT2D eigenvalue weighted by Crippen LogP contribution is -1.96. The lowest BCUT2D eigenvalue weighted by atomic mass is 10.1. The Balaban J connectivity index is 2.46. The predicted octanol–water partition coefficient (Wildman–Crippen LogP) is 3.65. The first-order valence-corrected chi connectivity index (χ1v) is 5.69. The summed E-state index contributed by atoms with van der Waals surface area (Å²) in [6.07, 6.45) is 0.631. The van der Waals surface area contributed by atoms with E-state index in [4.69, 9.17) is 4.74 Å². The lowest BCUT2D eigenvalue weighted by Gasteiger charge is -2.09. The average molecular weight is 275 g/mol. The molecule has 0 bridgehead atoms. The monoisotopic (exact) mass is 275 g/mol. The zero-order valence-electron chi connectivity index (χ0n) is 10.5. The number of aldehydes is 1. The number of benzene rings is 2. The molecular weight excluding hydrogens is 265 g/mol. The van der Waals surface area contributed by atoms with Gasteiger partial charge in [0.25, 0.3) is 0 Å². The fourth-order valence-electron chi connectivity index (χ4n) is 1.64. The highest BCUT2D eigenvalue weighted by atomic mass is 19.1. The second-order valence-electron chi connectivity index (χ2n) is 4.11. The van der Waals surface area contributed by atoms with Crippen LogP contribution in [0.15, 0.2) is 36.4 Å². The molecule has 0 fully saturated rings. The van der Waals surface area contributed by atoms with Gasteiger partial charge in [0.05, 0.1) is 4.92 Å². The van der Waals surface area contributed by atoms with Gasteiger partial charge in [-0.2, -0.15) is 0 Å². The molecule has 0 aliphatic carbocycles. The highest BCUT2D eigenvalue weighted by molar-refractivity contribution is 5.76. The number of nitro groups is 1. The highest BCUT2D eigenvalue weighted by Crippen LogP contribution is 2.33. The lowest BCUT2D eigenvalue weighted by molar-refractivity contribution is -0.385. The fraction of sp³-hybridized carbons (Fsp3) is 0.0714. The summed E-state index contributed by atoms with van der Waals surface area (Å²) in [5.41, 5.74) is 0.695. The zero-order chi connectivity index (χ0) is 14.7. The van der Waals surface area contributed by atoms with Crippen molar-refractivity contribution in [3.8, 4) is 11.5 Å². The Morgan fingerprint density at radius 1 is 1.20 bits per heavy atom. The number of nitro benzene ring substituents is 1. The van der Waals surface area contributed by atoms with E-state index in [-0.39, 0.29) is 17.2 Å². The standard InChI is InChI=1S/C14H10FNO4/c1-9-2-3-10(8-17)6-13(9)20-14-7-11(15)4-5-12(14)16(18)19/h2-8H,1H3. The number of carbonyl (C=O) groups is 1. The minimum atomic E-state index is -0.659. The molecule has 0 saturated carbocycles. The van der Waals surface area contributed by atoms with Crippen molar-refractivity contribution >= 4 is 12.0 Å². The summed E-state index contributed by atoms with van der Waals surface area (Å²) in [7, 11) is 0. The Morgan fingerprint density at radius 3 is 2.60 bits per heavy atom. The van der Waals surface area contributed by atoms with E-state index < -0.39 is 10.7 Å². The van der Waals surface area contributed by atoms with Gasteiger partial charge in [0.2, 0.25) is 5.75 Å². The molecule has 2 rings (SSSR count). The maximum atomic E-state index is 13.2. The van der Waals surface area contributed by atoms with Crippen LogP contribution >= 0.6 is 0 Å². The number of aryl methyl sites for hydroxylation is 1. The van der Waals surface area contributed by atoms with Crippen LogP contribution in [-0.2, 0) is 0 Å². The molecule has 2 aromatic carbocycles. The van der Waals surface area contributed by atoms with Crippen LogP contribution in [0.25, 0.3) is 0 Å². The minimum absolute atomic E-state index is 0.207. The molecule has 5 nitrogen and oxygen atoms in total. The molecule has 6 heteroatoms. The Labute approximate surface area is 113 Å². The topological polar surface area (TPSA) is 69.4 Å². The molecule has 20 heavy (non-hydrogen) atoms. The van der Waals surface area contributed by atoms with Crippen LogP contribution in [0.4, 0.5) is 10.1 Å². The van der Waals surface area contributed by atoms with Gasteiger partial charge in [-0.25, -0.2) is 4.39 Å². The van der Waals surface area contributed by atoms with Crippen LogP contribution < -0.4 is 4.74 Å². The largest absolute Gasteiger partial charge is 0.450 e. The molecule has 0 spiro atoms. The maximum absolute atomic E-state index is 13.2. The number of halogens is 1. The van der Waals surface area contributed by atoms with E-state index in [1.54, 1.807) is 19.1 Å². The molecule has 0 aliphatic rings. The Bertz CT molecular complexity index is 685. The summed E-state index contributed by atoms with van der Waals surface area (Å²) in [5.74, 6) is -0.584. The van der Waals surface area contributed by atoms with Crippen LogP contribution in [0.5, 0.6) is 11.5 Å². The third-order valence-corrected chi connectivity index (χ3v) is 2.69. The van der Waals surface area contributed by atoms with Gasteiger partial charge in [-0.05, 0) is 24.6 Å². The minimum Gasteiger partial charge on any atom is -0.450 e. The molecule has 0 radical (unpaired) electrons. The summed E-state index contributed by atoms with van der Waals surface area (Å²) in [6.45, 7) is 1.72. The van der Waals surface area contributed by atoms with Gasteiger partial charge in [0.15, 0.2) is 0 Å². The van der Waals surface area contributed by atoms with Crippen molar-refractivity contribution in [1.82, 2.24) is 0 Å². The number of hydrogen-bond acceptors (Lipinski definition) is 4. The van der Waals surface area contributed by atoms with Crippen molar-refractivity contribution in [1.29, 1.82) is 0 Å². The van der Waals surface area contributed by atoms with Crippen molar-refractivity contribution in [2.45, 2.75) is 6.92 Å². The molecule has 0 amide bonds. The van der Waals surface area contributed by atoms with E-state index in [1.807, 2.05) is 0 Å². The van der Waals surface area contributed by atoms with Crippen LogP contribution in [-0.4, -0.2) is 11.2 Å². The molecule has 0 unspecified atom stereocenters. The summed E-state index contributed by atoms with van der Waals surface area (Å²) in [5, 5.41) is 10.9.